The van der Waals surface area contributed by atoms with Crippen LogP contribution in [0.3, 0.4) is 0 Å². The number of carbonyl (C=O) groups excluding carboxylic acids is 2. The molecule has 8 nitrogen and oxygen atoms in total. The molecule has 2 atom stereocenters. The minimum absolute atomic E-state index is 0.0462. The molecule has 0 amide bonds. The van der Waals surface area contributed by atoms with Crippen molar-refractivity contribution in [3.63, 3.8) is 0 Å². The average Bonchev–Trinajstić information content (AvgIpc) is 3.12. The molecule has 0 aliphatic heterocycles. The molecule has 0 aromatic rings. The van der Waals surface area contributed by atoms with Crippen molar-refractivity contribution in [2.75, 3.05) is 41.0 Å². The summed E-state index contributed by atoms with van der Waals surface area (Å²) in [5, 5.41) is 9.61. The largest absolute Gasteiger partial charge is 0.477 e. The third-order valence-corrected chi connectivity index (χ3v) is 9.15. The fourth-order valence-electron chi connectivity index (χ4n) is 5.84. The van der Waals surface area contributed by atoms with Crippen LogP contribution in [0.4, 0.5) is 0 Å². The van der Waals surface area contributed by atoms with Crippen molar-refractivity contribution >= 4 is 17.9 Å². The van der Waals surface area contributed by atoms with Gasteiger partial charge in [-0.15, -0.1) is 0 Å². The van der Waals surface area contributed by atoms with E-state index in [2.05, 4.69) is 74.6 Å². The van der Waals surface area contributed by atoms with E-state index in [1.54, 1.807) is 0 Å². The van der Waals surface area contributed by atoms with Crippen molar-refractivity contribution in [1.29, 1.82) is 0 Å². The van der Waals surface area contributed by atoms with Gasteiger partial charge in [-0.05, 0) is 77.0 Å². The minimum Gasteiger partial charge on any atom is -0.477 e. The van der Waals surface area contributed by atoms with Gasteiger partial charge < -0.3 is 23.8 Å². The van der Waals surface area contributed by atoms with Gasteiger partial charge in [-0.2, -0.15) is 0 Å². The van der Waals surface area contributed by atoms with Crippen LogP contribution in [-0.2, 0) is 28.6 Å². The molecule has 0 saturated heterocycles. The third kappa shape index (κ3) is 34.8. The molecule has 8 heteroatoms. The summed E-state index contributed by atoms with van der Waals surface area (Å²) in [5.74, 6) is -1.52. The number of carbonyl (C=O) groups is 3. The Morgan fingerprint density at radius 2 is 1.04 bits per heavy atom. The number of hydrogen-bond acceptors (Lipinski definition) is 6. The second-order valence-corrected chi connectivity index (χ2v) is 15.2. The highest BCUT2D eigenvalue weighted by Gasteiger charge is 2.31. The lowest BCUT2D eigenvalue weighted by Gasteiger charge is -2.31. The van der Waals surface area contributed by atoms with E-state index in [0.717, 1.165) is 89.9 Å². The standard InChI is InChI=1S/C46H79NO7/c1-6-8-10-12-14-16-18-20-21-22-23-25-27-29-31-33-35-37-45(49)54-42(40-52-39-38-43(46(50)51)47(3,4)5)41-53-44(48)36-34-32-30-28-26-24-19-17-15-13-11-9-7-2/h8,10,14,16-17,19-21,23,25,42-43H,6-7,9,11-13,15,18,22,24,26-41H2,1-5H3/p+1/b10-8-,16-14-,19-17-,21-20-,25-23-. The van der Waals surface area contributed by atoms with Gasteiger partial charge >= 0.3 is 17.9 Å². The van der Waals surface area contributed by atoms with Gasteiger partial charge in [0.1, 0.15) is 6.61 Å². The Hall–Kier alpha value is -2.97. The number of ether oxygens (including phenoxy) is 3. The van der Waals surface area contributed by atoms with Gasteiger partial charge in [-0.1, -0.05) is 126 Å². The molecule has 310 valence electrons. The molecule has 0 aromatic heterocycles. The minimum atomic E-state index is -0.883. The van der Waals surface area contributed by atoms with E-state index in [4.69, 9.17) is 14.2 Å². The van der Waals surface area contributed by atoms with Crippen molar-refractivity contribution in [3.05, 3.63) is 60.8 Å². The lowest BCUT2D eigenvalue weighted by molar-refractivity contribution is -0.887. The molecule has 0 aliphatic rings. The van der Waals surface area contributed by atoms with Crippen LogP contribution in [0.1, 0.15) is 162 Å². The number of quaternary nitrogens is 1. The smallest absolute Gasteiger partial charge is 0.362 e. The zero-order chi connectivity index (χ0) is 40.0. The van der Waals surface area contributed by atoms with Crippen molar-refractivity contribution in [1.82, 2.24) is 0 Å². The zero-order valence-electron chi connectivity index (χ0n) is 35.2. The van der Waals surface area contributed by atoms with E-state index in [1.807, 2.05) is 21.1 Å². The third-order valence-electron chi connectivity index (χ3n) is 9.15. The highest BCUT2D eigenvalue weighted by molar-refractivity contribution is 5.72. The number of carboxylic acid groups (broad SMARTS) is 1. The monoisotopic (exact) mass is 759 g/mol. The molecule has 0 fully saturated rings. The fourth-order valence-corrected chi connectivity index (χ4v) is 5.84. The first-order valence-corrected chi connectivity index (χ1v) is 21.3. The maximum absolute atomic E-state index is 12.7. The normalized spacial score (nSPS) is 13.6. The molecule has 0 aromatic carbocycles. The van der Waals surface area contributed by atoms with Crippen LogP contribution in [0.25, 0.3) is 0 Å². The molecular formula is C46H80NO7+. The Kier molecular flexibility index (Phi) is 34.9. The summed E-state index contributed by atoms with van der Waals surface area (Å²) in [6.07, 6.45) is 44.0. The number of nitrogens with zero attached hydrogens (tertiary/aromatic N) is 1. The number of rotatable bonds is 37. The highest BCUT2D eigenvalue weighted by atomic mass is 16.6. The lowest BCUT2D eigenvalue weighted by Crippen LogP contribution is -2.50. The van der Waals surface area contributed by atoms with Gasteiger partial charge in [0, 0.05) is 19.3 Å². The number of allylic oxidation sites excluding steroid dienone is 10. The summed E-state index contributed by atoms with van der Waals surface area (Å²) in [6, 6.07) is -0.622. The first-order chi connectivity index (χ1) is 26.1. The second-order valence-electron chi connectivity index (χ2n) is 15.2. The van der Waals surface area contributed by atoms with Crippen LogP contribution in [0.15, 0.2) is 60.8 Å². The number of likely N-dealkylation sites (N-methyl/N-ethyl adjacent to an activating group) is 1. The number of hydrogen-bond donors (Lipinski definition) is 1. The van der Waals surface area contributed by atoms with E-state index in [9.17, 15) is 19.5 Å². The molecule has 0 heterocycles. The van der Waals surface area contributed by atoms with E-state index in [0.29, 0.717) is 19.3 Å². The maximum atomic E-state index is 12.7. The first kappa shape index (κ1) is 51.0. The molecule has 0 radical (unpaired) electrons. The number of aliphatic carboxylic acids is 1. The summed E-state index contributed by atoms with van der Waals surface area (Å²) in [5.41, 5.74) is 0. The predicted octanol–water partition coefficient (Wildman–Crippen LogP) is 11.4. The van der Waals surface area contributed by atoms with Gasteiger partial charge in [-0.25, -0.2) is 4.79 Å². The topological polar surface area (TPSA) is 99.1 Å². The average molecular weight is 759 g/mol. The van der Waals surface area contributed by atoms with Gasteiger partial charge in [0.15, 0.2) is 12.1 Å². The van der Waals surface area contributed by atoms with E-state index >= 15 is 0 Å². The summed E-state index contributed by atoms with van der Waals surface area (Å²) in [6.45, 7) is 4.56. The van der Waals surface area contributed by atoms with Gasteiger partial charge in [0.25, 0.3) is 0 Å². The molecule has 0 aliphatic carbocycles. The molecular weight excluding hydrogens is 679 g/mol. The van der Waals surface area contributed by atoms with E-state index < -0.39 is 18.1 Å². The first-order valence-electron chi connectivity index (χ1n) is 21.3. The molecule has 0 spiro atoms. The Morgan fingerprint density at radius 3 is 1.56 bits per heavy atom. The molecule has 0 saturated carbocycles. The van der Waals surface area contributed by atoms with Crippen LogP contribution >= 0.6 is 0 Å². The Balaban J connectivity index is 4.44. The Bertz CT molecular complexity index is 1070. The molecule has 0 rings (SSSR count). The zero-order valence-corrected chi connectivity index (χ0v) is 35.2. The Morgan fingerprint density at radius 1 is 0.574 bits per heavy atom. The van der Waals surface area contributed by atoms with Gasteiger partial charge in [-0.3, -0.25) is 9.59 Å². The second kappa shape index (κ2) is 37.0. The number of esters is 2. The SMILES string of the molecule is CC/C=C\C/C=C\C/C=C\C/C=C\CCCCCCC(=O)OC(COCCC(C(=O)O)[N+](C)(C)C)COC(=O)CCCCCCC/C=C\CCCCCC. The van der Waals surface area contributed by atoms with Crippen LogP contribution in [0, 0.1) is 0 Å². The van der Waals surface area contributed by atoms with Crippen molar-refractivity contribution in [3.8, 4) is 0 Å². The molecule has 1 N–H and O–H groups in total. The molecule has 2 unspecified atom stereocenters. The van der Waals surface area contributed by atoms with Gasteiger partial charge in [0.05, 0.1) is 34.4 Å². The molecule has 54 heavy (non-hydrogen) atoms. The van der Waals surface area contributed by atoms with E-state index in [-0.39, 0.29) is 36.2 Å². The van der Waals surface area contributed by atoms with Crippen molar-refractivity contribution < 1.29 is 38.2 Å². The van der Waals surface area contributed by atoms with E-state index in [1.165, 1.54) is 38.5 Å². The lowest BCUT2D eigenvalue weighted by atomic mass is 10.1. The van der Waals surface area contributed by atoms with Gasteiger partial charge in [0.2, 0.25) is 0 Å². The summed E-state index contributed by atoms with van der Waals surface area (Å²) in [4.78, 5) is 36.9. The fraction of sp³-hybridized carbons (Fsp3) is 0.717. The summed E-state index contributed by atoms with van der Waals surface area (Å²) < 4.78 is 17.2. The summed E-state index contributed by atoms with van der Waals surface area (Å²) >= 11 is 0. The van der Waals surface area contributed by atoms with Crippen LogP contribution in [0.5, 0.6) is 0 Å². The highest BCUT2D eigenvalue weighted by Crippen LogP contribution is 2.13. The number of carboxylic acids is 1. The van der Waals surface area contributed by atoms with Crippen LogP contribution in [0.2, 0.25) is 0 Å². The van der Waals surface area contributed by atoms with Crippen molar-refractivity contribution in [2.45, 2.75) is 174 Å². The van der Waals surface area contributed by atoms with Crippen LogP contribution < -0.4 is 0 Å². The quantitative estimate of drug-likeness (QED) is 0.0291. The molecule has 0 bridgehead atoms. The maximum Gasteiger partial charge on any atom is 0.362 e. The summed E-state index contributed by atoms with van der Waals surface area (Å²) in [7, 11) is 5.51. The van der Waals surface area contributed by atoms with Crippen molar-refractivity contribution in [2.24, 2.45) is 0 Å². The Labute approximate surface area is 330 Å². The predicted molar refractivity (Wildman–Crippen MR) is 224 cm³/mol. The number of unbranched alkanes of at least 4 members (excludes halogenated alkanes) is 13. The van der Waals surface area contributed by atoms with Crippen LogP contribution in [-0.4, -0.2) is 80.6 Å².